The average Bonchev–Trinajstić information content (AvgIpc) is 2.01. The topological polar surface area (TPSA) is 51.2 Å². The Balaban J connectivity index is 5.30. The standard InChI is InChI=1S/C8H14BrClO3S/c1-5-14(12,13)8(9,10)6(11)7(2,3)4/h5H2,1-4H3/t8-/m0/s1. The second-order valence-corrected chi connectivity index (χ2v) is 9.38. The zero-order chi connectivity index (χ0) is 11.8. The summed E-state index contributed by atoms with van der Waals surface area (Å²) in [7, 11) is -3.65. The molecular formula is C8H14BrClO3S. The van der Waals surface area contributed by atoms with Crippen molar-refractivity contribution in [3.8, 4) is 0 Å². The first kappa shape index (κ1) is 14.4. The molecule has 0 rings (SSSR count). The average molecular weight is 306 g/mol. The number of alkyl halides is 2. The van der Waals surface area contributed by atoms with E-state index in [1.54, 1.807) is 20.8 Å². The van der Waals surface area contributed by atoms with E-state index in [0.717, 1.165) is 0 Å². The van der Waals surface area contributed by atoms with Gasteiger partial charge < -0.3 is 0 Å². The zero-order valence-corrected chi connectivity index (χ0v) is 11.8. The molecule has 0 radical (unpaired) electrons. The van der Waals surface area contributed by atoms with E-state index in [-0.39, 0.29) is 5.75 Å². The summed E-state index contributed by atoms with van der Waals surface area (Å²) in [6.07, 6.45) is 0. The second-order valence-electron chi connectivity index (χ2n) is 4.00. The molecule has 0 aliphatic rings. The third-order valence-electron chi connectivity index (χ3n) is 1.72. The summed E-state index contributed by atoms with van der Waals surface area (Å²) < 4.78 is 21.0. The Morgan fingerprint density at radius 2 is 1.71 bits per heavy atom. The highest BCUT2D eigenvalue weighted by atomic mass is 79.9. The van der Waals surface area contributed by atoms with Crippen LogP contribution in [0.3, 0.4) is 0 Å². The quantitative estimate of drug-likeness (QED) is 0.752. The zero-order valence-electron chi connectivity index (χ0n) is 8.60. The fourth-order valence-corrected chi connectivity index (χ4v) is 3.60. The van der Waals surface area contributed by atoms with Crippen LogP contribution in [0.2, 0.25) is 0 Å². The van der Waals surface area contributed by atoms with E-state index in [1.807, 2.05) is 0 Å². The summed E-state index contributed by atoms with van der Waals surface area (Å²) in [4.78, 5) is 11.7. The van der Waals surface area contributed by atoms with Crippen LogP contribution in [0.15, 0.2) is 0 Å². The molecule has 0 N–H and O–H groups in total. The molecule has 0 spiro atoms. The highest BCUT2D eigenvalue weighted by Gasteiger charge is 2.49. The largest absolute Gasteiger partial charge is 0.295 e. The SMILES string of the molecule is CCS(=O)(=O)[C@](Cl)(Br)C(=O)C(C)(C)C. The molecule has 0 aliphatic heterocycles. The van der Waals surface area contributed by atoms with Gasteiger partial charge in [-0.15, -0.1) is 0 Å². The van der Waals surface area contributed by atoms with Crippen LogP contribution in [-0.2, 0) is 14.6 Å². The van der Waals surface area contributed by atoms with Crippen molar-refractivity contribution in [1.82, 2.24) is 0 Å². The molecule has 84 valence electrons. The summed E-state index contributed by atoms with van der Waals surface area (Å²) in [5.74, 6) is -0.725. The maximum atomic E-state index is 11.7. The predicted octanol–water partition coefficient (Wildman–Crippen LogP) is 2.32. The molecular weight excluding hydrogens is 292 g/mol. The van der Waals surface area contributed by atoms with Gasteiger partial charge in [0, 0.05) is 5.41 Å². The minimum Gasteiger partial charge on any atom is -0.295 e. The molecule has 0 fully saturated rings. The van der Waals surface area contributed by atoms with Gasteiger partial charge in [-0.05, 0) is 15.9 Å². The number of hydrogen-bond acceptors (Lipinski definition) is 3. The van der Waals surface area contributed by atoms with Gasteiger partial charge in [-0.2, -0.15) is 0 Å². The van der Waals surface area contributed by atoms with Crippen molar-refractivity contribution in [2.75, 3.05) is 5.75 Å². The van der Waals surface area contributed by atoms with E-state index in [9.17, 15) is 13.2 Å². The van der Waals surface area contributed by atoms with Crippen molar-refractivity contribution in [2.24, 2.45) is 5.41 Å². The lowest BCUT2D eigenvalue weighted by Gasteiger charge is -2.26. The van der Waals surface area contributed by atoms with Gasteiger partial charge in [0.15, 0.2) is 15.6 Å². The van der Waals surface area contributed by atoms with E-state index < -0.39 is 24.2 Å². The number of sulfone groups is 1. The van der Waals surface area contributed by atoms with Crippen LogP contribution in [0.4, 0.5) is 0 Å². The minimum atomic E-state index is -3.65. The Hall–Kier alpha value is 0.390. The lowest BCUT2D eigenvalue weighted by atomic mass is 9.92. The molecule has 0 aromatic heterocycles. The molecule has 0 amide bonds. The van der Waals surface area contributed by atoms with Crippen LogP contribution in [0.1, 0.15) is 27.7 Å². The highest BCUT2D eigenvalue weighted by molar-refractivity contribution is 9.12. The van der Waals surface area contributed by atoms with Crippen LogP contribution in [-0.4, -0.2) is 23.1 Å². The number of carbonyl (C=O) groups is 1. The summed E-state index contributed by atoms with van der Waals surface area (Å²) >= 11 is 8.54. The lowest BCUT2D eigenvalue weighted by molar-refractivity contribution is -0.125. The predicted molar refractivity (Wildman–Crippen MR) is 61.4 cm³/mol. The number of hydrogen-bond donors (Lipinski definition) is 0. The van der Waals surface area contributed by atoms with Gasteiger partial charge in [-0.1, -0.05) is 39.3 Å². The van der Waals surface area contributed by atoms with Crippen molar-refractivity contribution in [3.05, 3.63) is 0 Å². The Labute approximate surface area is 98.3 Å². The van der Waals surface area contributed by atoms with Gasteiger partial charge >= 0.3 is 0 Å². The molecule has 0 saturated carbocycles. The van der Waals surface area contributed by atoms with Crippen LogP contribution in [0.5, 0.6) is 0 Å². The van der Waals surface area contributed by atoms with Gasteiger partial charge in [-0.25, -0.2) is 8.42 Å². The van der Waals surface area contributed by atoms with Gasteiger partial charge in [0.2, 0.25) is 0 Å². The Bertz CT molecular complexity index is 327. The lowest BCUT2D eigenvalue weighted by Crippen LogP contribution is -2.43. The fraction of sp³-hybridized carbons (Fsp3) is 0.875. The Morgan fingerprint density at radius 3 is 1.93 bits per heavy atom. The fourth-order valence-electron chi connectivity index (χ4n) is 0.759. The molecule has 0 aliphatic carbocycles. The van der Waals surface area contributed by atoms with Crippen molar-refractivity contribution < 1.29 is 13.2 Å². The van der Waals surface area contributed by atoms with Crippen molar-refractivity contribution in [3.63, 3.8) is 0 Å². The monoisotopic (exact) mass is 304 g/mol. The molecule has 1 atom stereocenters. The van der Waals surface area contributed by atoms with Gasteiger partial charge in [0.25, 0.3) is 3.12 Å². The van der Waals surface area contributed by atoms with Crippen molar-refractivity contribution in [1.29, 1.82) is 0 Å². The van der Waals surface area contributed by atoms with Crippen LogP contribution in [0.25, 0.3) is 0 Å². The third kappa shape index (κ3) is 2.70. The molecule has 0 aromatic rings. The second kappa shape index (κ2) is 4.10. The van der Waals surface area contributed by atoms with Crippen LogP contribution < -0.4 is 0 Å². The molecule has 6 heteroatoms. The third-order valence-corrected chi connectivity index (χ3v) is 6.16. The maximum absolute atomic E-state index is 11.7. The molecule has 14 heavy (non-hydrogen) atoms. The van der Waals surface area contributed by atoms with E-state index in [1.165, 1.54) is 6.92 Å². The highest BCUT2D eigenvalue weighted by Crippen LogP contribution is 2.38. The molecule has 0 bridgehead atoms. The molecule has 0 unspecified atom stereocenters. The first-order chi connectivity index (χ1) is 5.97. The van der Waals surface area contributed by atoms with Gasteiger partial charge in [0.1, 0.15) is 0 Å². The number of ketones is 1. The summed E-state index contributed by atoms with van der Waals surface area (Å²) in [6, 6.07) is 0. The summed E-state index contributed by atoms with van der Waals surface area (Å²) in [5, 5.41) is 0. The number of carbonyl (C=O) groups excluding carboxylic acids is 1. The van der Waals surface area contributed by atoms with Crippen LogP contribution >= 0.6 is 27.5 Å². The normalized spacial score (nSPS) is 17.6. The Kier molecular flexibility index (Phi) is 4.21. The smallest absolute Gasteiger partial charge is 0.257 e. The van der Waals surface area contributed by atoms with Gasteiger partial charge in [0.05, 0.1) is 5.75 Å². The molecule has 0 saturated heterocycles. The summed E-state index contributed by atoms with van der Waals surface area (Å²) in [5.41, 5.74) is -0.798. The minimum absolute atomic E-state index is 0.177. The van der Waals surface area contributed by atoms with Gasteiger partial charge in [-0.3, -0.25) is 4.79 Å². The first-order valence-electron chi connectivity index (χ1n) is 4.12. The van der Waals surface area contributed by atoms with Crippen LogP contribution in [0, 0.1) is 5.41 Å². The van der Waals surface area contributed by atoms with E-state index in [0.29, 0.717) is 0 Å². The van der Waals surface area contributed by atoms with Crippen molar-refractivity contribution >= 4 is 43.2 Å². The van der Waals surface area contributed by atoms with E-state index in [2.05, 4.69) is 15.9 Å². The molecule has 3 nitrogen and oxygen atoms in total. The summed E-state index contributed by atoms with van der Waals surface area (Å²) in [6.45, 7) is 6.32. The number of halogens is 2. The molecule has 0 aromatic carbocycles. The van der Waals surface area contributed by atoms with E-state index in [4.69, 9.17) is 11.6 Å². The Morgan fingerprint density at radius 1 is 1.36 bits per heavy atom. The maximum Gasteiger partial charge on any atom is 0.257 e. The van der Waals surface area contributed by atoms with E-state index >= 15 is 0 Å². The first-order valence-corrected chi connectivity index (χ1v) is 6.94. The molecule has 0 heterocycles. The number of Topliss-reactive ketones (excluding diaryl/α,β-unsaturated/α-hetero) is 1. The van der Waals surface area contributed by atoms with Crippen molar-refractivity contribution in [2.45, 2.75) is 30.8 Å². The number of rotatable bonds is 3.